The van der Waals surface area contributed by atoms with E-state index >= 15 is 0 Å². The summed E-state index contributed by atoms with van der Waals surface area (Å²) < 4.78 is 5.43. The van der Waals surface area contributed by atoms with Crippen molar-refractivity contribution in [2.24, 2.45) is 0 Å². The minimum Gasteiger partial charge on any atom is -0.495 e. The lowest BCUT2D eigenvalue weighted by atomic mass is 10.2. The molecule has 0 spiro atoms. The number of para-hydroxylation sites is 3. The first-order chi connectivity index (χ1) is 11.8. The topological polar surface area (TPSA) is 44.8 Å². The smallest absolute Gasteiger partial charge is 0.241 e. The number of anilines is 2. The second-order valence-corrected chi connectivity index (χ2v) is 5.76. The number of rotatable bonds is 5. The fourth-order valence-corrected chi connectivity index (χ4v) is 2.93. The van der Waals surface area contributed by atoms with Crippen molar-refractivity contribution in [2.45, 2.75) is 0 Å². The summed E-state index contributed by atoms with van der Waals surface area (Å²) >= 11 is 0. The molecule has 3 rings (SSSR count). The van der Waals surface area contributed by atoms with Crippen LogP contribution in [0.1, 0.15) is 0 Å². The van der Waals surface area contributed by atoms with Crippen molar-refractivity contribution in [3.63, 3.8) is 0 Å². The molecular formula is C19H23N3O2. The van der Waals surface area contributed by atoms with E-state index in [0.717, 1.165) is 43.3 Å². The van der Waals surface area contributed by atoms with Crippen LogP contribution in [-0.2, 0) is 4.79 Å². The van der Waals surface area contributed by atoms with Crippen LogP contribution in [0.25, 0.3) is 0 Å². The molecule has 24 heavy (non-hydrogen) atoms. The van der Waals surface area contributed by atoms with Gasteiger partial charge in [0.1, 0.15) is 5.75 Å². The first kappa shape index (κ1) is 16.2. The molecule has 0 aliphatic carbocycles. The van der Waals surface area contributed by atoms with Crippen molar-refractivity contribution >= 4 is 17.3 Å². The predicted octanol–water partition coefficient (Wildman–Crippen LogP) is 2.46. The maximum absolute atomic E-state index is 12.4. The van der Waals surface area contributed by atoms with Crippen LogP contribution >= 0.6 is 0 Å². The average molecular weight is 325 g/mol. The van der Waals surface area contributed by atoms with E-state index in [4.69, 9.17) is 4.74 Å². The minimum absolute atomic E-state index is 0.138. The molecule has 2 aromatic carbocycles. The van der Waals surface area contributed by atoms with Crippen LogP contribution in [0.15, 0.2) is 54.6 Å². The zero-order chi connectivity index (χ0) is 16.8. The van der Waals surface area contributed by atoms with Crippen molar-refractivity contribution in [1.82, 2.24) is 4.90 Å². The van der Waals surface area contributed by atoms with Gasteiger partial charge in [-0.05, 0) is 24.3 Å². The van der Waals surface area contributed by atoms with Gasteiger partial charge in [-0.3, -0.25) is 4.79 Å². The van der Waals surface area contributed by atoms with Gasteiger partial charge in [0.05, 0.1) is 19.3 Å². The van der Waals surface area contributed by atoms with E-state index in [0.29, 0.717) is 6.54 Å². The molecular weight excluding hydrogens is 302 g/mol. The molecule has 1 aliphatic rings. The lowest BCUT2D eigenvalue weighted by molar-refractivity contribution is -0.129. The Morgan fingerprint density at radius 1 is 1.00 bits per heavy atom. The highest BCUT2D eigenvalue weighted by atomic mass is 16.5. The lowest BCUT2D eigenvalue weighted by Crippen LogP contribution is -2.50. The van der Waals surface area contributed by atoms with Crippen LogP contribution in [0, 0.1) is 0 Å². The summed E-state index contributed by atoms with van der Waals surface area (Å²) in [5.41, 5.74) is 2.06. The van der Waals surface area contributed by atoms with Crippen molar-refractivity contribution in [2.75, 3.05) is 50.1 Å². The van der Waals surface area contributed by atoms with E-state index in [9.17, 15) is 4.79 Å². The molecule has 5 nitrogen and oxygen atoms in total. The Hall–Kier alpha value is -2.69. The van der Waals surface area contributed by atoms with Crippen molar-refractivity contribution in [3.05, 3.63) is 54.6 Å². The third kappa shape index (κ3) is 3.79. The quantitative estimate of drug-likeness (QED) is 0.917. The monoisotopic (exact) mass is 325 g/mol. The number of methoxy groups -OCH3 is 1. The maximum atomic E-state index is 12.4. The Morgan fingerprint density at radius 2 is 1.67 bits per heavy atom. The van der Waals surface area contributed by atoms with Gasteiger partial charge in [0.25, 0.3) is 0 Å². The molecule has 0 aromatic heterocycles. The molecule has 0 bridgehead atoms. The molecule has 1 N–H and O–H groups in total. The minimum atomic E-state index is 0.138. The number of benzene rings is 2. The zero-order valence-corrected chi connectivity index (χ0v) is 13.9. The van der Waals surface area contributed by atoms with Crippen LogP contribution < -0.4 is 15.0 Å². The van der Waals surface area contributed by atoms with Crippen molar-refractivity contribution in [3.8, 4) is 5.75 Å². The molecule has 1 amide bonds. The summed E-state index contributed by atoms with van der Waals surface area (Å²) in [6, 6.07) is 17.8. The van der Waals surface area contributed by atoms with Crippen molar-refractivity contribution in [1.29, 1.82) is 0 Å². The van der Waals surface area contributed by atoms with Crippen LogP contribution in [0.3, 0.4) is 0 Å². The van der Waals surface area contributed by atoms with Crippen molar-refractivity contribution < 1.29 is 9.53 Å². The van der Waals surface area contributed by atoms with Crippen LogP contribution in [-0.4, -0.2) is 50.6 Å². The highest BCUT2D eigenvalue weighted by Crippen LogP contribution is 2.28. The van der Waals surface area contributed by atoms with E-state index < -0.39 is 0 Å². The molecule has 5 heteroatoms. The Balaban J connectivity index is 1.52. The van der Waals surface area contributed by atoms with Crippen LogP contribution in [0.4, 0.5) is 11.4 Å². The highest BCUT2D eigenvalue weighted by Gasteiger charge is 2.22. The number of nitrogens with one attached hydrogen (secondary N) is 1. The van der Waals surface area contributed by atoms with E-state index in [-0.39, 0.29) is 5.91 Å². The first-order valence-electron chi connectivity index (χ1n) is 8.22. The maximum Gasteiger partial charge on any atom is 0.241 e. The van der Waals surface area contributed by atoms with Gasteiger partial charge in [-0.2, -0.15) is 0 Å². The molecule has 126 valence electrons. The van der Waals surface area contributed by atoms with E-state index in [1.165, 1.54) is 0 Å². The number of carbonyl (C=O) groups excluding carboxylic acids is 1. The largest absolute Gasteiger partial charge is 0.495 e. The lowest BCUT2D eigenvalue weighted by Gasteiger charge is -2.36. The molecule has 0 radical (unpaired) electrons. The summed E-state index contributed by atoms with van der Waals surface area (Å²) in [7, 11) is 1.69. The Kier molecular flexibility index (Phi) is 5.21. The molecule has 1 fully saturated rings. The molecule has 1 saturated heterocycles. The predicted molar refractivity (Wildman–Crippen MR) is 96.7 cm³/mol. The third-order valence-corrected chi connectivity index (χ3v) is 4.28. The highest BCUT2D eigenvalue weighted by molar-refractivity contribution is 5.81. The fraction of sp³-hybridized carbons (Fsp3) is 0.316. The number of hydrogen-bond donors (Lipinski definition) is 1. The summed E-state index contributed by atoms with van der Waals surface area (Å²) in [5.74, 6) is 1.02. The zero-order valence-electron chi connectivity index (χ0n) is 13.9. The first-order valence-corrected chi connectivity index (χ1v) is 8.22. The molecule has 1 aliphatic heterocycles. The normalized spacial score (nSPS) is 14.4. The van der Waals surface area contributed by atoms with E-state index in [2.05, 4.69) is 16.3 Å². The number of amides is 1. The molecule has 1 heterocycles. The summed E-state index contributed by atoms with van der Waals surface area (Å²) in [5, 5.41) is 3.18. The van der Waals surface area contributed by atoms with Gasteiger partial charge >= 0.3 is 0 Å². The van der Waals surface area contributed by atoms with Gasteiger partial charge < -0.3 is 19.9 Å². The number of piperazine rings is 1. The van der Waals surface area contributed by atoms with Crippen LogP contribution in [0.2, 0.25) is 0 Å². The molecule has 2 aromatic rings. The molecule has 0 saturated carbocycles. The Bertz CT molecular complexity index is 667. The fourth-order valence-electron chi connectivity index (χ4n) is 2.93. The average Bonchev–Trinajstić information content (AvgIpc) is 2.67. The summed E-state index contributed by atoms with van der Waals surface area (Å²) in [6.45, 7) is 3.42. The Labute approximate surface area is 142 Å². The summed E-state index contributed by atoms with van der Waals surface area (Å²) in [6.07, 6.45) is 0. The second kappa shape index (κ2) is 7.73. The van der Waals surface area contributed by atoms with Gasteiger partial charge in [-0.1, -0.05) is 30.3 Å². The van der Waals surface area contributed by atoms with Gasteiger partial charge in [-0.15, -0.1) is 0 Å². The van der Waals surface area contributed by atoms with Gasteiger partial charge in [-0.25, -0.2) is 0 Å². The SMILES string of the molecule is COc1ccccc1N1CCN(C(=O)CNc2ccccc2)CC1. The number of nitrogens with zero attached hydrogens (tertiary/aromatic N) is 2. The number of ether oxygens (including phenoxy) is 1. The van der Waals surface area contributed by atoms with E-state index in [1.807, 2.05) is 53.4 Å². The van der Waals surface area contributed by atoms with E-state index in [1.54, 1.807) is 7.11 Å². The van der Waals surface area contributed by atoms with Gasteiger partial charge in [0.15, 0.2) is 0 Å². The second-order valence-electron chi connectivity index (χ2n) is 5.76. The summed E-state index contributed by atoms with van der Waals surface area (Å²) in [4.78, 5) is 16.5. The number of carbonyl (C=O) groups is 1. The standard InChI is InChI=1S/C19H23N3O2/c1-24-18-10-6-5-9-17(18)21-11-13-22(14-12-21)19(23)15-20-16-7-3-2-4-8-16/h2-10,20H,11-15H2,1H3. The third-order valence-electron chi connectivity index (χ3n) is 4.28. The molecule has 0 atom stereocenters. The van der Waals surface area contributed by atoms with Gasteiger partial charge in [0.2, 0.25) is 5.91 Å². The number of hydrogen-bond acceptors (Lipinski definition) is 4. The molecule has 0 unspecified atom stereocenters. The Morgan fingerprint density at radius 3 is 2.38 bits per heavy atom. The van der Waals surface area contributed by atoms with Crippen LogP contribution in [0.5, 0.6) is 5.75 Å². The van der Waals surface area contributed by atoms with Gasteiger partial charge in [0, 0.05) is 31.9 Å².